The van der Waals surface area contributed by atoms with Crippen LogP contribution in [0.3, 0.4) is 0 Å². The van der Waals surface area contributed by atoms with E-state index < -0.39 is 16.1 Å². The zero-order chi connectivity index (χ0) is 25.3. The molecule has 4 rings (SSSR count). The van der Waals surface area contributed by atoms with Crippen molar-refractivity contribution in [2.75, 3.05) is 35.0 Å². The number of ketones is 1. The molecule has 0 amide bonds. The van der Waals surface area contributed by atoms with Gasteiger partial charge in [-0.3, -0.25) is 4.79 Å². The highest BCUT2D eigenvalue weighted by Gasteiger charge is 2.43. The first kappa shape index (κ1) is 24.6. The molecule has 1 heterocycles. The lowest BCUT2D eigenvalue weighted by Crippen LogP contribution is -2.43. The number of hydrogen-bond acceptors (Lipinski definition) is 7. The van der Waals surface area contributed by atoms with Gasteiger partial charge in [-0.25, -0.2) is 8.42 Å². The van der Waals surface area contributed by atoms with Crippen LogP contribution in [0.25, 0.3) is 0 Å². The zero-order valence-corrected chi connectivity index (χ0v) is 21.0. The van der Waals surface area contributed by atoms with Crippen LogP contribution in [0.2, 0.25) is 0 Å². The molecule has 0 saturated carbocycles. The van der Waals surface area contributed by atoms with Crippen molar-refractivity contribution in [3.05, 3.63) is 76.9 Å². The molecule has 0 bridgehead atoms. The Morgan fingerprint density at radius 2 is 1.40 bits per heavy atom. The maximum atomic E-state index is 14.0. The topological polar surface area (TPSA) is 91.4 Å². The first-order chi connectivity index (χ1) is 16.7. The van der Waals surface area contributed by atoms with Crippen LogP contribution in [0.1, 0.15) is 33.1 Å². The molecule has 1 aliphatic heterocycles. The summed E-state index contributed by atoms with van der Waals surface area (Å²) in [5.41, 5.74) is 2.25. The Bertz CT molecular complexity index is 1340. The fourth-order valence-electron chi connectivity index (χ4n) is 4.29. The van der Waals surface area contributed by atoms with Gasteiger partial charge in [0, 0.05) is 17.7 Å². The normalized spacial score (nSPS) is 15.9. The van der Waals surface area contributed by atoms with E-state index in [1.165, 1.54) is 44.9 Å². The molecule has 184 valence electrons. The van der Waals surface area contributed by atoms with Crippen molar-refractivity contribution in [2.45, 2.75) is 17.9 Å². The number of nitrogens with zero attached hydrogens (tertiary/aromatic N) is 1. The first-order valence-electron chi connectivity index (χ1n) is 10.8. The summed E-state index contributed by atoms with van der Waals surface area (Å²) >= 11 is 0. The van der Waals surface area contributed by atoms with E-state index in [9.17, 15) is 13.2 Å². The van der Waals surface area contributed by atoms with Gasteiger partial charge in [-0.15, -0.1) is 0 Å². The molecule has 0 N–H and O–H groups in total. The number of carbonyl (C=O) groups is 1. The number of hydrogen-bond donors (Lipinski definition) is 0. The predicted molar refractivity (Wildman–Crippen MR) is 130 cm³/mol. The Balaban J connectivity index is 2.04. The molecule has 1 atom stereocenters. The van der Waals surface area contributed by atoms with Crippen molar-refractivity contribution in [3.8, 4) is 23.0 Å². The van der Waals surface area contributed by atoms with Crippen molar-refractivity contribution in [1.82, 2.24) is 4.31 Å². The number of carbonyl (C=O) groups excluding carboxylic acids is 1. The molecule has 8 nitrogen and oxygen atoms in total. The highest BCUT2D eigenvalue weighted by Crippen LogP contribution is 2.48. The second-order valence-electron chi connectivity index (χ2n) is 8.09. The number of methoxy groups -OCH3 is 4. The number of sulfonamides is 1. The van der Waals surface area contributed by atoms with Gasteiger partial charge in [0.2, 0.25) is 10.0 Å². The number of Topliss-reactive ketones (excluding diaryl/α,β-unsaturated/α-hetero) is 1. The van der Waals surface area contributed by atoms with Crippen LogP contribution in [0.15, 0.2) is 59.5 Å². The number of aryl methyl sites for hydroxylation is 1. The number of ether oxygens (including phenoxy) is 4. The minimum Gasteiger partial charge on any atom is -0.497 e. The third-order valence-electron chi connectivity index (χ3n) is 6.10. The summed E-state index contributed by atoms with van der Waals surface area (Å²) < 4.78 is 51.2. The minimum atomic E-state index is -4.11. The van der Waals surface area contributed by atoms with Crippen LogP contribution < -0.4 is 18.9 Å². The lowest BCUT2D eigenvalue weighted by molar-refractivity contribution is 0.0937. The lowest BCUT2D eigenvalue weighted by atomic mass is 9.88. The van der Waals surface area contributed by atoms with Crippen molar-refractivity contribution in [1.29, 1.82) is 0 Å². The standard InChI is InChI=1S/C26H27NO7S/c1-16-6-9-19(10-7-16)35(29,30)27-15-22(28)20-11-8-17(31-2)12-21(20)26(27)25-23(33-4)13-18(32-3)14-24(25)34-5/h6-14,26H,15H2,1-5H3/t26-/m0/s1. The maximum absolute atomic E-state index is 14.0. The molecular weight excluding hydrogens is 470 g/mol. The first-order valence-corrected chi connectivity index (χ1v) is 12.3. The summed E-state index contributed by atoms with van der Waals surface area (Å²) in [6.45, 7) is 1.53. The van der Waals surface area contributed by atoms with Crippen molar-refractivity contribution < 1.29 is 32.2 Å². The number of benzene rings is 3. The quantitative estimate of drug-likeness (QED) is 0.487. The Labute approximate surface area is 205 Å². The lowest BCUT2D eigenvalue weighted by Gasteiger charge is -2.37. The predicted octanol–water partition coefficient (Wildman–Crippen LogP) is 4.01. The third-order valence-corrected chi connectivity index (χ3v) is 7.92. The van der Waals surface area contributed by atoms with Crippen LogP contribution in [-0.4, -0.2) is 53.5 Å². The van der Waals surface area contributed by atoms with E-state index in [1.54, 1.807) is 42.5 Å². The molecule has 35 heavy (non-hydrogen) atoms. The second kappa shape index (κ2) is 9.59. The average Bonchev–Trinajstić information content (AvgIpc) is 2.87. The van der Waals surface area contributed by atoms with Crippen LogP contribution in [0, 0.1) is 6.92 Å². The molecule has 1 aliphatic rings. The fourth-order valence-corrected chi connectivity index (χ4v) is 5.83. The molecule has 0 unspecified atom stereocenters. The molecule has 0 spiro atoms. The van der Waals surface area contributed by atoms with Gasteiger partial charge in [-0.05, 0) is 42.8 Å². The Morgan fingerprint density at radius 3 is 1.94 bits per heavy atom. The van der Waals surface area contributed by atoms with Gasteiger partial charge < -0.3 is 18.9 Å². The van der Waals surface area contributed by atoms with Gasteiger partial charge in [0.25, 0.3) is 0 Å². The van der Waals surface area contributed by atoms with Crippen molar-refractivity contribution in [3.63, 3.8) is 0 Å². The Morgan fingerprint density at radius 1 is 0.800 bits per heavy atom. The molecule has 9 heteroatoms. The maximum Gasteiger partial charge on any atom is 0.244 e. The Hall–Kier alpha value is -3.56. The van der Waals surface area contributed by atoms with Gasteiger partial charge >= 0.3 is 0 Å². The smallest absolute Gasteiger partial charge is 0.244 e. The van der Waals surface area contributed by atoms with E-state index >= 15 is 0 Å². The van der Waals surface area contributed by atoms with E-state index in [-0.39, 0.29) is 17.2 Å². The highest BCUT2D eigenvalue weighted by molar-refractivity contribution is 7.89. The van der Waals surface area contributed by atoms with E-state index in [4.69, 9.17) is 18.9 Å². The molecule has 0 saturated heterocycles. The van der Waals surface area contributed by atoms with Crippen LogP contribution in [-0.2, 0) is 10.0 Å². The van der Waals surface area contributed by atoms with Gasteiger partial charge in [0.15, 0.2) is 5.78 Å². The van der Waals surface area contributed by atoms with Crippen molar-refractivity contribution >= 4 is 15.8 Å². The molecule has 0 aromatic heterocycles. The van der Waals surface area contributed by atoms with E-state index in [1.807, 2.05) is 6.92 Å². The highest BCUT2D eigenvalue weighted by atomic mass is 32.2. The van der Waals surface area contributed by atoms with Crippen LogP contribution in [0.4, 0.5) is 0 Å². The Kier molecular flexibility index (Phi) is 6.73. The average molecular weight is 498 g/mol. The fraction of sp³-hybridized carbons (Fsp3) is 0.269. The van der Waals surface area contributed by atoms with Gasteiger partial charge in [0.05, 0.1) is 51.5 Å². The van der Waals surface area contributed by atoms with E-state index in [2.05, 4.69) is 0 Å². The summed E-state index contributed by atoms with van der Waals surface area (Å²) in [5.74, 6) is 1.37. The molecule has 0 aliphatic carbocycles. The molecule has 0 radical (unpaired) electrons. The largest absolute Gasteiger partial charge is 0.497 e. The monoisotopic (exact) mass is 497 g/mol. The van der Waals surface area contributed by atoms with Crippen molar-refractivity contribution in [2.24, 2.45) is 0 Å². The number of rotatable bonds is 7. The zero-order valence-electron chi connectivity index (χ0n) is 20.2. The SMILES string of the molecule is COc1cc(OC)c([C@@H]2c3cc(OC)ccc3C(=O)CN2S(=O)(=O)c2ccc(C)cc2)c(OC)c1. The van der Waals surface area contributed by atoms with Gasteiger partial charge in [0.1, 0.15) is 23.0 Å². The van der Waals surface area contributed by atoms with E-state index in [0.717, 1.165) is 5.56 Å². The summed E-state index contributed by atoms with van der Waals surface area (Å²) in [4.78, 5) is 13.3. The molecular formula is C26H27NO7S. The van der Waals surface area contributed by atoms with Crippen LogP contribution in [0.5, 0.6) is 23.0 Å². The number of fused-ring (bicyclic) bond motifs is 1. The summed E-state index contributed by atoms with van der Waals surface area (Å²) in [6, 6.07) is 13.9. The summed E-state index contributed by atoms with van der Waals surface area (Å²) in [7, 11) is 1.88. The minimum absolute atomic E-state index is 0.0821. The third kappa shape index (κ3) is 4.33. The van der Waals surface area contributed by atoms with E-state index in [0.29, 0.717) is 39.7 Å². The van der Waals surface area contributed by atoms with Gasteiger partial charge in [-0.2, -0.15) is 4.31 Å². The van der Waals surface area contributed by atoms with Crippen LogP contribution >= 0.6 is 0 Å². The molecule has 0 fully saturated rings. The summed E-state index contributed by atoms with van der Waals surface area (Å²) in [6.07, 6.45) is 0. The molecule has 3 aromatic rings. The molecule has 3 aromatic carbocycles. The van der Waals surface area contributed by atoms with Gasteiger partial charge in [-0.1, -0.05) is 17.7 Å². The second-order valence-corrected chi connectivity index (χ2v) is 9.98. The summed E-state index contributed by atoms with van der Waals surface area (Å²) in [5, 5.41) is 0.